The van der Waals surface area contributed by atoms with Crippen molar-refractivity contribution in [2.75, 3.05) is 0 Å². The van der Waals surface area contributed by atoms with Crippen LogP contribution in [-0.4, -0.2) is 0 Å². The molecule has 0 aromatic rings. The number of hydrogen-bond donors (Lipinski definition) is 0. The minimum atomic E-state index is 1.03. The molecule has 0 aliphatic carbocycles. The molecule has 0 nitrogen and oxygen atoms in total. The summed E-state index contributed by atoms with van der Waals surface area (Å²) in [6.07, 6.45) is 32.3. The second-order valence-electron chi connectivity index (χ2n) is 9.39. The second-order valence-corrected chi connectivity index (χ2v) is 9.39. The molecule has 0 bridgehead atoms. The molecule has 172 valence electrons. The Morgan fingerprint density at radius 2 is 0.759 bits per heavy atom. The first-order valence-electron chi connectivity index (χ1n) is 13.8. The van der Waals surface area contributed by atoms with Crippen molar-refractivity contribution in [3.05, 3.63) is 0 Å². The molecule has 0 aliphatic heterocycles. The van der Waals surface area contributed by atoms with E-state index >= 15 is 0 Å². The lowest BCUT2D eigenvalue weighted by molar-refractivity contribution is 0.373. The monoisotopic (exact) mass is 404 g/mol. The van der Waals surface area contributed by atoms with Crippen LogP contribution in [0.2, 0.25) is 0 Å². The van der Waals surface area contributed by atoms with E-state index in [1.807, 2.05) is 0 Å². The molecule has 0 aromatic heterocycles. The van der Waals surface area contributed by atoms with E-state index in [0.29, 0.717) is 0 Å². The summed E-state index contributed by atoms with van der Waals surface area (Å²) in [5.41, 5.74) is 0. The van der Waals surface area contributed by atoms with E-state index in [-0.39, 0.29) is 0 Å². The van der Waals surface area contributed by atoms with E-state index < -0.39 is 0 Å². The topological polar surface area (TPSA) is 0 Å². The fourth-order valence-corrected chi connectivity index (χ4v) is 4.29. The molecule has 0 heterocycles. The van der Waals surface area contributed by atoms with Gasteiger partial charge in [-0.15, -0.1) is 11.8 Å². The van der Waals surface area contributed by atoms with Gasteiger partial charge in [0, 0.05) is 12.8 Å². The van der Waals surface area contributed by atoms with E-state index in [2.05, 4.69) is 32.6 Å². The summed E-state index contributed by atoms with van der Waals surface area (Å²) in [4.78, 5) is 0. The van der Waals surface area contributed by atoms with Crippen LogP contribution in [-0.2, 0) is 0 Å². The Hall–Kier alpha value is -0.440. The average molecular weight is 405 g/mol. The van der Waals surface area contributed by atoms with Crippen molar-refractivity contribution in [3.8, 4) is 11.8 Å². The van der Waals surface area contributed by atoms with Gasteiger partial charge in [-0.25, -0.2) is 0 Å². The molecule has 0 amide bonds. The summed E-state index contributed by atoms with van der Waals surface area (Å²) in [7, 11) is 0. The maximum absolute atomic E-state index is 3.33. The van der Waals surface area contributed by atoms with Gasteiger partial charge in [0.05, 0.1) is 0 Å². The highest BCUT2D eigenvalue weighted by molar-refractivity contribution is 4.98. The average Bonchev–Trinajstić information content (AvgIpc) is 2.73. The number of rotatable bonds is 22. The Bertz CT molecular complexity index is 345. The summed E-state index contributed by atoms with van der Waals surface area (Å²) < 4.78 is 0. The van der Waals surface area contributed by atoms with Crippen LogP contribution in [0.1, 0.15) is 168 Å². The van der Waals surface area contributed by atoms with Crippen LogP contribution in [0.3, 0.4) is 0 Å². The predicted molar refractivity (Wildman–Crippen MR) is 134 cm³/mol. The first kappa shape index (κ1) is 28.6. The van der Waals surface area contributed by atoms with Gasteiger partial charge < -0.3 is 0 Å². The summed E-state index contributed by atoms with van der Waals surface area (Å²) in [5, 5.41) is 0. The minimum Gasteiger partial charge on any atom is -0.103 e. The first-order chi connectivity index (χ1) is 14.3. The van der Waals surface area contributed by atoms with E-state index in [9.17, 15) is 0 Å². The molecule has 0 aromatic carbocycles. The van der Waals surface area contributed by atoms with Gasteiger partial charge in [0.25, 0.3) is 0 Å². The second kappa shape index (κ2) is 25.6. The van der Waals surface area contributed by atoms with Gasteiger partial charge in [0.1, 0.15) is 0 Å². The fourth-order valence-electron chi connectivity index (χ4n) is 4.29. The zero-order valence-corrected chi connectivity index (χ0v) is 20.8. The van der Waals surface area contributed by atoms with Gasteiger partial charge in [-0.2, -0.15) is 0 Å². The molecule has 1 unspecified atom stereocenters. The molecule has 0 radical (unpaired) electrons. The summed E-state index contributed by atoms with van der Waals surface area (Å²) in [6, 6.07) is 0. The van der Waals surface area contributed by atoms with Gasteiger partial charge in [-0.1, -0.05) is 143 Å². The van der Waals surface area contributed by atoms with Gasteiger partial charge in [-0.05, 0) is 18.8 Å². The predicted octanol–water partition coefficient (Wildman–Crippen LogP) is 10.6. The molecule has 0 heteroatoms. The summed E-state index contributed by atoms with van der Waals surface area (Å²) in [6.45, 7) is 6.90. The third-order valence-corrected chi connectivity index (χ3v) is 6.38. The highest BCUT2D eigenvalue weighted by atomic mass is 14.1. The van der Waals surface area contributed by atoms with Gasteiger partial charge in [-0.3, -0.25) is 0 Å². The zero-order valence-electron chi connectivity index (χ0n) is 20.8. The third kappa shape index (κ3) is 23.7. The Kier molecular flexibility index (Phi) is 25.2. The fraction of sp³-hybridized carbons (Fsp3) is 0.931. The minimum absolute atomic E-state index is 1.03. The Morgan fingerprint density at radius 3 is 1.28 bits per heavy atom. The Balaban J connectivity index is 3.35. The highest BCUT2D eigenvalue weighted by Gasteiger charge is 2.07. The standard InChI is InChI=1S/C29H56/c1-4-7-10-11-12-13-14-15-16-17-18-19-20-21-22-23-25-28-29(26-9-6-3)27-24-8-5-2/h29H,4-10,13-28H2,1-3H3. The van der Waals surface area contributed by atoms with E-state index in [4.69, 9.17) is 0 Å². The highest BCUT2D eigenvalue weighted by Crippen LogP contribution is 2.23. The van der Waals surface area contributed by atoms with E-state index in [1.165, 1.54) is 135 Å². The Labute approximate surface area is 186 Å². The van der Waals surface area contributed by atoms with E-state index in [0.717, 1.165) is 18.8 Å². The zero-order chi connectivity index (χ0) is 21.3. The number of hydrogen-bond acceptors (Lipinski definition) is 0. The molecule has 0 spiro atoms. The van der Waals surface area contributed by atoms with Crippen molar-refractivity contribution in [3.63, 3.8) is 0 Å². The lowest BCUT2D eigenvalue weighted by atomic mass is 9.90. The van der Waals surface area contributed by atoms with Crippen molar-refractivity contribution in [1.29, 1.82) is 0 Å². The molecule has 0 aliphatic rings. The van der Waals surface area contributed by atoms with Gasteiger partial charge in [0.2, 0.25) is 0 Å². The van der Waals surface area contributed by atoms with Crippen LogP contribution < -0.4 is 0 Å². The lowest BCUT2D eigenvalue weighted by Gasteiger charge is -2.16. The third-order valence-electron chi connectivity index (χ3n) is 6.38. The maximum atomic E-state index is 3.33. The molecule has 29 heavy (non-hydrogen) atoms. The van der Waals surface area contributed by atoms with Crippen LogP contribution in [0.5, 0.6) is 0 Å². The lowest BCUT2D eigenvalue weighted by Crippen LogP contribution is -2.01. The van der Waals surface area contributed by atoms with E-state index in [1.54, 1.807) is 0 Å². The molecule has 0 saturated heterocycles. The molecular formula is C29H56. The molecule has 0 rings (SSSR count). The van der Waals surface area contributed by atoms with Crippen LogP contribution in [0.25, 0.3) is 0 Å². The van der Waals surface area contributed by atoms with Gasteiger partial charge in [0.15, 0.2) is 0 Å². The molecule has 0 fully saturated rings. The van der Waals surface area contributed by atoms with Crippen molar-refractivity contribution in [2.24, 2.45) is 5.92 Å². The number of unbranched alkanes of at least 4 members (excludes halogenated alkanes) is 16. The Morgan fingerprint density at radius 1 is 0.379 bits per heavy atom. The van der Waals surface area contributed by atoms with Gasteiger partial charge >= 0.3 is 0 Å². The van der Waals surface area contributed by atoms with Crippen LogP contribution in [0.15, 0.2) is 0 Å². The molecular weight excluding hydrogens is 348 g/mol. The quantitative estimate of drug-likeness (QED) is 0.124. The largest absolute Gasteiger partial charge is 0.103 e. The SMILES string of the molecule is CCCCC#CCCCCCCCCCCCCCC(CCCC)CCCCC. The maximum Gasteiger partial charge on any atom is 0.00886 e. The van der Waals surface area contributed by atoms with Crippen LogP contribution in [0.4, 0.5) is 0 Å². The summed E-state index contributed by atoms with van der Waals surface area (Å²) in [5.74, 6) is 7.67. The first-order valence-corrected chi connectivity index (χ1v) is 13.8. The molecule has 1 atom stereocenters. The van der Waals surface area contributed by atoms with Crippen LogP contribution >= 0.6 is 0 Å². The van der Waals surface area contributed by atoms with Crippen molar-refractivity contribution < 1.29 is 0 Å². The smallest absolute Gasteiger partial charge is 0.00886 e. The van der Waals surface area contributed by atoms with Crippen LogP contribution in [0, 0.1) is 17.8 Å². The van der Waals surface area contributed by atoms with Crippen molar-refractivity contribution in [2.45, 2.75) is 168 Å². The normalized spacial score (nSPS) is 12.0. The summed E-state index contributed by atoms with van der Waals surface area (Å²) >= 11 is 0. The van der Waals surface area contributed by atoms with Crippen molar-refractivity contribution in [1.82, 2.24) is 0 Å². The molecule has 0 N–H and O–H groups in total. The van der Waals surface area contributed by atoms with Crippen molar-refractivity contribution >= 4 is 0 Å². The molecule has 0 saturated carbocycles.